The van der Waals surface area contributed by atoms with Crippen molar-refractivity contribution in [2.24, 2.45) is 0 Å². The maximum absolute atomic E-state index is 11.8. The molecular weight excluding hydrogens is 376 g/mol. The van der Waals surface area contributed by atoms with Gasteiger partial charge in [-0.05, 0) is 35.9 Å². The molecule has 0 fully saturated rings. The minimum absolute atomic E-state index is 0.241. The number of hydrogen-bond acceptors (Lipinski definition) is 4. The number of halogens is 1. The van der Waals surface area contributed by atoms with Gasteiger partial charge in [0.15, 0.2) is 11.5 Å². The molecule has 1 aliphatic heterocycles. The zero-order chi connectivity index (χ0) is 16.8. The number of fused-ring (bicyclic) bond motifs is 1. The van der Waals surface area contributed by atoms with Crippen LogP contribution in [0.4, 0.5) is 4.79 Å². The Morgan fingerprint density at radius 2 is 2.00 bits per heavy atom. The number of rotatable bonds is 6. The Kier molecular flexibility index (Phi) is 5.43. The fraction of sp³-hybridized carbons (Fsp3) is 0.235. The standard InChI is InChI=1S/C17H17BrN2O4/c18-13-2-1-3-14(9-13)22-7-6-19-17(21)20-10-12-4-5-15-16(8-12)24-11-23-15/h1-5,8-9H,6-7,10-11H2,(H2,19,20,21). The first-order valence-corrected chi connectivity index (χ1v) is 8.28. The third-order valence-electron chi connectivity index (χ3n) is 3.34. The van der Waals surface area contributed by atoms with E-state index in [1.165, 1.54) is 0 Å². The van der Waals surface area contributed by atoms with Gasteiger partial charge in [0, 0.05) is 11.0 Å². The number of urea groups is 1. The molecular formula is C17H17BrN2O4. The Hall–Kier alpha value is -2.41. The van der Waals surface area contributed by atoms with Gasteiger partial charge in [-0.3, -0.25) is 0 Å². The molecule has 0 saturated carbocycles. The summed E-state index contributed by atoms with van der Waals surface area (Å²) in [6.07, 6.45) is 0. The molecule has 1 heterocycles. The maximum Gasteiger partial charge on any atom is 0.315 e. The Morgan fingerprint density at radius 1 is 1.12 bits per heavy atom. The van der Waals surface area contributed by atoms with Crippen molar-refractivity contribution in [3.05, 3.63) is 52.5 Å². The molecule has 24 heavy (non-hydrogen) atoms. The first-order chi connectivity index (χ1) is 11.7. The smallest absolute Gasteiger partial charge is 0.315 e. The lowest BCUT2D eigenvalue weighted by Gasteiger charge is -2.09. The molecule has 2 aromatic rings. The minimum atomic E-state index is -0.245. The number of carbonyl (C=O) groups excluding carboxylic acids is 1. The lowest BCUT2D eigenvalue weighted by molar-refractivity contribution is 0.174. The maximum atomic E-state index is 11.8. The molecule has 0 unspecified atom stereocenters. The van der Waals surface area contributed by atoms with E-state index in [1.54, 1.807) is 0 Å². The highest BCUT2D eigenvalue weighted by molar-refractivity contribution is 9.10. The van der Waals surface area contributed by atoms with Gasteiger partial charge < -0.3 is 24.8 Å². The quantitative estimate of drug-likeness (QED) is 0.741. The zero-order valence-electron chi connectivity index (χ0n) is 12.9. The molecule has 2 aromatic carbocycles. The average molecular weight is 393 g/mol. The molecule has 0 aliphatic carbocycles. The van der Waals surface area contributed by atoms with Crippen LogP contribution in [-0.2, 0) is 6.54 Å². The highest BCUT2D eigenvalue weighted by Crippen LogP contribution is 2.32. The van der Waals surface area contributed by atoms with Crippen LogP contribution in [-0.4, -0.2) is 26.0 Å². The van der Waals surface area contributed by atoms with Crippen LogP contribution in [0.15, 0.2) is 46.9 Å². The number of carbonyl (C=O) groups is 1. The minimum Gasteiger partial charge on any atom is -0.492 e. The fourth-order valence-electron chi connectivity index (χ4n) is 2.19. The molecule has 0 atom stereocenters. The van der Waals surface area contributed by atoms with Gasteiger partial charge in [0.1, 0.15) is 12.4 Å². The summed E-state index contributed by atoms with van der Waals surface area (Å²) in [5, 5.41) is 5.54. The Morgan fingerprint density at radius 3 is 2.88 bits per heavy atom. The summed E-state index contributed by atoms with van der Waals surface area (Å²) in [5.74, 6) is 2.19. The van der Waals surface area contributed by atoms with Gasteiger partial charge in [-0.15, -0.1) is 0 Å². The summed E-state index contributed by atoms with van der Waals surface area (Å²) in [4.78, 5) is 11.8. The predicted molar refractivity (Wildman–Crippen MR) is 92.4 cm³/mol. The third-order valence-corrected chi connectivity index (χ3v) is 3.84. The van der Waals surface area contributed by atoms with Crippen molar-refractivity contribution < 1.29 is 19.0 Å². The zero-order valence-corrected chi connectivity index (χ0v) is 14.5. The topological polar surface area (TPSA) is 68.8 Å². The molecule has 7 heteroatoms. The molecule has 2 amide bonds. The highest BCUT2D eigenvalue weighted by atomic mass is 79.9. The van der Waals surface area contributed by atoms with Gasteiger partial charge in [-0.2, -0.15) is 0 Å². The van der Waals surface area contributed by atoms with Gasteiger partial charge in [0.25, 0.3) is 0 Å². The molecule has 0 saturated heterocycles. The summed E-state index contributed by atoms with van der Waals surface area (Å²) in [6, 6.07) is 12.9. The summed E-state index contributed by atoms with van der Waals surface area (Å²) < 4.78 is 17.1. The van der Waals surface area contributed by atoms with Crippen molar-refractivity contribution in [3.63, 3.8) is 0 Å². The van der Waals surface area contributed by atoms with Crippen LogP contribution < -0.4 is 24.8 Å². The molecule has 2 N–H and O–H groups in total. The van der Waals surface area contributed by atoms with Crippen molar-refractivity contribution in [3.8, 4) is 17.2 Å². The van der Waals surface area contributed by atoms with Crippen molar-refractivity contribution in [1.29, 1.82) is 0 Å². The Bertz CT molecular complexity index is 723. The van der Waals surface area contributed by atoms with Crippen LogP contribution in [0.2, 0.25) is 0 Å². The van der Waals surface area contributed by atoms with E-state index in [4.69, 9.17) is 14.2 Å². The number of ether oxygens (including phenoxy) is 3. The van der Waals surface area contributed by atoms with Crippen molar-refractivity contribution >= 4 is 22.0 Å². The van der Waals surface area contributed by atoms with E-state index in [0.717, 1.165) is 21.5 Å². The van der Waals surface area contributed by atoms with E-state index in [1.807, 2.05) is 42.5 Å². The number of benzene rings is 2. The van der Waals surface area contributed by atoms with Crippen LogP contribution in [0.1, 0.15) is 5.56 Å². The summed E-state index contributed by atoms with van der Waals surface area (Å²) in [7, 11) is 0. The summed E-state index contributed by atoms with van der Waals surface area (Å²) >= 11 is 3.38. The van der Waals surface area contributed by atoms with Crippen LogP contribution >= 0.6 is 15.9 Å². The molecule has 0 radical (unpaired) electrons. The molecule has 0 spiro atoms. The number of amides is 2. The van der Waals surface area contributed by atoms with E-state index < -0.39 is 0 Å². The van der Waals surface area contributed by atoms with Crippen LogP contribution in [0, 0.1) is 0 Å². The second-order valence-corrected chi connectivity index (χ2v) is 6.02. The second kappa shape index (κ2) is 7.92. The fourth-order valence-corrected chi connectivity index (χ4v) is 2.56. The highest BCUT2D eigenvalue weighted by Gasteiger charge is 2.13. The first kappa shape index (κ1) is 16.4. The Labute approximate surface area is 148 Å². The molecule has 1 aliphatic rings. The van der Waals surface area contributed by atoms with Crippen LogP contribution in [0.25, 0.3) is 0 Å². The largest absolute Gasteiger partial charge is 0.492 e. The molecule has 0 bridgehead atoms. The van der Waals surface area contributed by atoms with E-state index in [-0.39, 0.29) is 12.8 Å². The lowest BCUT2D eigenvalue weighted by atomic mass is 10.2. The summed E-state index contributed by atoms with van der Waals surface area (Å²) in [5.41, 5.74) is 0.944. The molecule has 3 rings (SSSR count). The van der Waals surface area contributed by atoms with E-state index in [2.05, 4.69) is 26.6 Å². The van der Waals surface area contributed by atoms with Crippen molar-refractivity contribution in [1.82, 2.24) is 10.6 Å². The van der Waals surface area contributed by atoms with Gasteiger partial charge in [-0.1, -0.05) is 28.1 Å². The van der Waals surface area contributed by atoms with Gasteiger partial charge in [-0.25, -0.2) is 4.79 Å². The molecule has 0 aromatic heterocycles. The van der Waals surface area contributed by atoms with Gasteiger partial charge in [0.05, 0.1) is 6.54 Å². The lowest BCUT2D eigenvalue weighted by Crippen LogP contribution is -2.37. The van der Waals surface area contributed by atoms with Gasteiger partial charge in [0.2, 0.25) is 6.79 Å². The monoisotopic (exact) mass is 392 g/mol. The van der Waals surface area contributed by atoms with Crippen molar-refractivity contribution in [2.45, 2.75) is 6.54 Å². The third kappa shape index (κ3) is 4.55. The Balaban J connectivity index is 1.35. The first-order valence-electron chi connectivity index (χ1n) is 7.49. The van der Waals surface area contributed by atoms with Crippen molar-refractivity contribution in [2.75, 3.05) is 19.9 Å². The second-order valence-electron chi connectivity index (χ2n) is 5.10. The van der Waals surface area contributed by atoms with E-state index >= 15 is 0 Å². The molecule has 126 valence electrons. The van der Waals surface area contributed by atoms with Crippen LogP contribution in [0.5, 0.6) is 17.2 Å². The van der Waals surface area contributed by atoms with E-state index in [0.29, 0.717) is 25.4 Å². The van der Waals surface area contributed by atoms with Crippen LogP contribution in [0.3, 0.4) is 0 Å². The van der Waals surface area contributed by atoms with Gasteiger partial charge >= 0.3 is 6.03 Å². The normalized spacial score (nSPS) is 11.9. The predicted octanol–water partition coefficient (Wildman–Crippen LogP) is 3.06. The van der Waals surface area contributed by atoms with E-state index in [9.17, 15) is 4.79 Å². The SMILES string of the molecule is O=C(NCCOc1cccc(Br)c1)NCc1ccc2c(c1)OCO2. The summed E-state index contributed by atoms with van der Waals surface area (Å²) in [6.45, 7) is 1.47. The number of hydrogen-bond donors (Lipinski definition) is 2. The average Bonchev–Trinajstić information content (AvgIpc) is 3.05. The number of nitrogens with one attached hydrogen (secondary N) is 2. The molecule has 6 nitrogen and oxygen atoms in total.